The Morgan fingerprint density at radius 3 is 2.48 bits per heavy atom. The molecule has 156 valence electrons. The molecule has 0 fully saturated rings. The highest BCUT2D eigenvalue weighted by molar-refractivity contribution is 9.10. The van der Waals surface area contributed by atoms with Gasteiger partial charge in [-0.05, 0) is 68.9 Å². The van der Waals surface area contributed by atoms with E-state index in [1.165, 1.54) is 11.6 Å². The number of rotatable bonds is 4. The smallest absolute Gasteiger partial charge is 0.284 e. The van der Waals surface area contributed by atoms with E-state index in [0.29, 0.717) is 32.7 Å². The Balaban J connectivity index is 1.60. The predicted octanol–water partition coefficient (Wildman–Crippen LogP) is 7.21. The maximum Gasteiger partial charge on any atom is 0.284 e. The Morgan fingerprint density at radius 1 is 1.06 bits per heavy atom. The Morgan fingerprint density at radius 2 is 1.81 bits per heavy atom. The summed E-state index contributed by atoms with van der Waals surface area (Å²) in [5.41, 5.74) is 4.93. The highest BCUT2D eigenvalue weighted by Crippen LogP contribution is 2.30. The number of halogens is 1. The highest BCUT2D eigenvalue weighted by atomic mass is 79.9. The SMILES string of the molecule is CC(C)(C)c1ccc(-c2nc3cc(N=Cc4ccc(Br)c([N+](=O)[O-])c4)ccc3o2)cc1. The van der Waals surface area contributed by atoms with Gasteiger partial charge in [-0.25, -0.2) is 4.98 Å². The summed E-state index contributed by atoms with van der Waals surface area (Å²) in [6.45, 7) is 6.53. The van der Waals surface area contributed by atoms with Crippen molar-refractivity contribution in [3.8, 4) is 11.5 Å². The lowest BCUT2D eigenvalue weighted by Crippen LogP contribution is -2.10. The van der Waals surface area contributed by atoms with E-state index in [9.17, 15) is 10.1 Å². The first kappa shape index (κ1) is 20.9. The number of nitro groups is 1. The summed E-state index contributed by atoms with van der Waals surface area (Å²) >= 11 is 3.18. The van der Waals surface area contributed by atoms with Crippen molar-refractivity contribution in [2.45, 2.75) is 26.2 Å². The first-order chi connectivity index (χ1) is 14.7. The van der Waals surface area contributed by atoms with Crippen molar-refractivity contribution in [2.24, 2.45) is 4.99 Å². The minimum Gasteiger partial charge on any atom is -0.436 e. The lowest BCUT2D eigenvalue weighted by Gasteiger charge is -2.18. The molecule has 7 heteroatoms. The van der Waals surface area contributed by atoms with Crippen molar-refractivity contribution in [1.29, 1.82) is 0 Å². The van der Waals surface area contributed by atoms with Gasteiger partial charge in [-0.3, -0.25) is 15.1 Å². The molecule has 0 aliphatic rings. The maximum absolute atomic E-state index is 11.1. The van der Waals surface area contributed by atoms with Crippen LogP contribution in [0.5, 0.6) is 0 Å². The number of hydrogen-bond acceptors (Lipinski definition) is 5. The molecule has 0 amide bonds. The molecule has 4 rings (SSSR count). The molecular weight excluding hydrogens is 458 g/mol. The van der Waals surface area contributed by atoms with Crippen molar-refractivity contribution in [1.82, 2.24) is 4.98 Å². The summed E-state index contributed by atoms with van der Waals surface area (Å²) in [7, 11) is 0. The molecule has 0 aliphatic heterocycles. The predicted molar refractivity (Wildman–Crippen MR) is 126 cm³/mol. The Kier molecular flexibility index (Phi) is 5.45. The number of benzene rings is 3. The quantitative estimate of drug-likeness (QED) is 0.176. The topological polar surface area (TPSA) is 81.5 Å². The van der Waals surface area contributed by atoms with Gasteiger partial charge in [0.1, 0.15) is 5.52 Å². The van der Waals surface area contributed by atoms with Gasteiger partial charge in [0.05, 0.1) is 15.1 Å². The molecule has 0 spiro atoms. The van der Waals surface area contributed by atoms with Crippen LogP contribution in [-0.4, -0.2) is 16.1 Å². The normalized spacial score (nSPS) is 12.0. The molecule has 0 N–H and O–H groups in total. The van der Waals surface area contributed by atoms with Crippen molar-refractivity contribution in [2.75, 3.05) is 0 Å². The van der Waals surface area contributed by atoms with E-state index in [1.54, 1.807) is 18.3 Å². The third-order valence-corrected chi connectivity index (χ3v) is 5.57. The minimum atomic E-state index is -0.432. The Labute approximate surface area is 187 Å². The van der Waals surface area contributed by atoms with Gasteiger partial charge in [0.25, 0.3) is 5.69 Å². The summed E-state index contributed by atoms with van der Waals surface area (Å²) in [5.74, 6) is 0.556. The molecule has 0 aliphatic carbocycles. The largest absolute Gasteiger partial charge is 0.436 e. The van der Waals surface area contributed by atoms with Crippen LogP contribution in [0.3, 0.4) is 0 Å². The van der Waals surface area contributed by atoms with Crippen LogP contribution in [0.4, 0.5) is 11.4 Å². The molecule has 0 unspecified atom stereocenters. The number of oxazole rings is 1. The molecule has 0 saturated heterocycles. The van der Waals surface area contributed by atoms with E-state index >= 15 is 0 Å². The lowest BCUT2D eigenvalue weighted by atomic mass is 9.87. The molecular formula is C24H20BrN3O3. The highest BCUT2D eigenvalue weighted by Gasteiger charge is 2.15. The van der Waals surface area contributed by atoms with Crippen LogP contribution in [0.15, 0.2) is 74.5 Å². The Bertz CT molecular complexity index is 1300. The van der Waals surface area contributed by atoms with Gasteiger partial charge in [-0.15, -0.1) is 0 Å². The second-order valence-electron chi connectivity index (χ2n) is 8.22. The number of fused-ring (bicyclic) bond motifs is 1. The number of aromatic nitrogens is 1. The van der Waals surface area contributed by atoms with Gasteiger partial charge in [0.2, 0.25) is 5.89 Å². The number of nitrogens with zero attached hydrogens (tertiary/aromatic N) is 3. The van der Waals surface area contributed by atoms with Crippen LogP contribution in [0.1, 0.15) is 31.9 Å². The van der Waals surface area contributed by atoms with Crippen LogP contribution < -0.4 is 0 Å². The van der Waals surface area contributed by atoms with E-state index in [4.69, 9.17) is 4.42 Å². The molecule has 6 nitrogen and oxygen atoms in total. The van der Waals surface area contributed by atoms with Crippen molar-refractivity contribution in [3.63, 3.8) is 0 Å². The van der Waals surface area contributed by atoms with Gasteiger partial charge in [-0.1, -0.05) is 39.0 Å². The average molecular weight is 478 g/mol. The fraction of sp³-hybridized carbons (Fsp3) is 0.167. The Hall–Kier alpha value is -3.32. The van der Waals surface area contributed by atoms with E-state index in [-0.39, 0.29) is 11.1 Å². The third-order valence-electron chi connectivity index (χ3n) is 4.90. The van der Waals surface area contributed by atoms with Gasteiger partial charge in [-0.2, -0.15) is 0 Å². The molecule has 0 bridgehead atoms. The number of aliphatic imine (C=N–C) groups is 1. The van der Waals surface area contributed by atoms with Gasteiger partial charge >= 0.3 is 0 Å². The lowest BCUT2D eigenvalue weighted by molar-refractivity contribution is -0.385. The molecule has 3 aromatic carbocycles. The first-order valence-electron chi connectivity index (χ1n) is 9.70. The second kappa shape index (κ2) is 8.07. The van der Waals surface area contributed by atoms with Crippen LogP contribution in [0, 0.1) is 10.1 Å². The molecule has 0 saturated carbocycles. The van der Waals surface area contributed by atoms with Gasteiger partial charge in [0.15, 0.2) is 5.58 Å². The minimum absolute atomic E-state index is 0.00183. The van der Waals surface area contributed by atoms with Crippen LogP contribution >= 0.6 is 15.9 Å². The van der Waals surface area contributed by atoms with E-state index in [2.05, 4.69) is 58.8 Å². The standard InChI is InChI=1S/C24H20BrN3O3/c1-24(2,3)17-7-5-16(6-8-17)23-27-20-13-18(9-11-22(20)31-23)26-14-15-4-10-19(25)21(12-15)28(29)30/h4-14H,1-3H3. The summed E-state index contributed by atoms with van der Waals surface area (Å²) in [6, 6.07) is 18.6. The van der Waals surface area contributed by atoms with Crippen molar-refractivity contribution >= 4 is 44.6 Å². The van der Waals surface area contributed by atoms with Crippen molar-refractivity contribution in [3.05, 3.63) is 86.4 Å². The number of hydrogen-bond donors (Lipinski definition) is 0. The van der Waals surface area contributed by atoms with E-state index in [1.807, 2.05) is 30.3 Å². The van der Waals surface area contributed by atoms with Crippen LogP contribution in [0.2, 0.25) is 0 Å². The molecule has 31 heavy (non-hydrogen) atoms. The molecule has 1 aromatic heterocycles. The second-order valence-corrected chi connectivity index (χ2v) is 9.08. The summed E-state index contributed by atoms with van der Waals surface area (Å²) < 4.78 is 6.34. The summed E-state index contributed by atoms with van der Waals surface area (Å²) in [5, 5.41) is 11.1. The van der Waals surface area contributed by atoms with Gasteiger partial charge < -0.3 is 4.42 Å². The zero-order valence-corrected chi connectivity index (χ0v) is 18.9. The average Bonchev–Trinajstić information content (AvgIpc) is 3.16. The van der Waals surface area contributed by atoms with E-state index < -0.39 is 4.92 Å². The molecule has 0 atom stereocenters. The summed E-state index contributed by atoms with van der Waals surface area (Å²) in [4.78, 5) is 19.7. The first-order valence-corrected chi connectivity index (χ1v) is 10.5. The van der Waals surface area contributed by atoms with E-state index in [0.717, 1.165) is 5.56 Å². The van der Waals surface area contributed by atoms with Crippen LogP contribution in [-0.2, 0) is 5.41 Å². The monoisotopic (exact) mass is 477 g/mol. The molecule has 4 aromatic rings. The maximum atomic E-state index is 11.1. The molecule has 0 radical (unpaired) electrons. The summed E-state index contributed by atoms with van der Waals surface area (Å²) in [6.07, 6.45) is 1.59. The third kappa shape index (κ3) is 4.56. The fourth-order valence-electron chi connectivity index (χ4n) is 3.13. The van der Waals surface area contributed by atoms with Crippen LogP contribution in [0.25, 0.3) is 22.6 Å². The molecule has 1 heterocycles. The van der Waals surface area contributed by atoms with Crippen molar-refractivity contribution < 1.29 is 9.34 Å². The zero-order chi connectivity index (χ0) is 22.2. The van der Waals surface area contributed by atoms with Gasteiger partial charge in [0, 0.05) is 17.8 Å². The zero-order valence-electron chi connectivity index (χ0n) is 17.3. The number of nitro benzene ring substituents is 1. The fourth-order valence-corrected chi connectivity index (χ4v) is 3.52.